The molecule has 0 unspecified atom stereocenters. The molecule has 0 radical (unpaired) electrons. The molecule has 3 aromatic rings. The Hall–Kier alpha value is -3.75. The topological polar surface area (TPSA) is 98.1 Å². The van der Waals surface area contributed by atoms with Gasteiger partial charge in [0.25, 0.3) is 5.91 Å². The smallest absolute Gasteiger partial charge is 0.412 e. The van der Waals surface area contributed by atoms with Crippen LogP contribution in [0.3, 0.4) is 0 Å². The number of ether oxygens (including phenoxy) is 1. The largest absolute Gasteiger partial charge is 0.444 e. The highest BCUT2D eigenvalue weighted by atomic mass is 19.1. The van der Waals surface area contributed by atoms with Gasteiger partial charge in [0.1, 0.15) is 11.4 Å². The van der Waals surface area contributed by atoms with Crippen LogP contribution < -0.4 is 10.6 Å². The zero-order valence-corrected chi connectivity index (χ0v) is 17.1. The van der Waals surface area contributed by atoms with Crippen molar-refractivity contribution < 1.29 is 18.7 Å². The second-order valence-corrected chi connectivity index (χ2v) is 7.51. The van der Waals surface area contributed by atoms with Crippen molar-refractivity contribution >= 4 is 23.4 Å². The first kappa shape index (κ1) is 21.0. The molecule has 0 fully saturated rings. The van der Waals surface area contributed by atoms with Gasteiger partial charge in [-0.3, -0.25) is 10.1 Å². The molecular formula is C21H22FN5O3. The van der Waals surface area contributed by atoms with E-state index in [0.717, 1.165) is 6.07 Å². The molecule has 2 heterocycles. The SMILES string of the molecule is Cc1c(C(=O)Nc2cc(F)ccc2NC(=O)OC(C)(C)C)cnn1-c1ccccn1. The minimum Gasteiger partial charge on any atom is -0.444 e. The van der Waals surface area contributed by atoms with Crippen LogP contribution in [0.1, 0.15) is 36.8 Å². The predicted octanol–water partition coefficient (Wildman–Crippen LogP) is 4.31. The number of amides is 2. The van der Waals surface area contributed by atoms with Crippen LogP contribution in [-0.2, 0) is 4.74 Å². The fourth-order valence-electron chi connectivity index (χ4n) is 2.67. The van der Waals surface area contributed by atoms with Gasteiger partial charge in [-0.25, -0.2) is 18.9 Å². The molecule has 0 saturated heterocycles. The molecule has 2 aromatic heterocycles. The quantitative estimate of drug-likeness (QED) is 0.666. The van der Waals surface area contributed by atoms with Crippen LogP contribution >= 0.6 is 0 Å². The van der Waals surface area contributed by atoms with Crippen molar-refractivity contribution in [3.05, 3.63) is 65.9 Å². The number of anilines is 2. The lowest BCUT2D eigenvalue weighted by Crippen LogP contribution is -2.27. The molecule has 0 atom stereocenters. The Morgan fingerprint density at radius 2 is 1.87 bits per heavy atom. The maximum atomic E-state index is 13.8. The number of halogens is 1. The summed E-state index contributed by atoms with van der Waals surface area (Å²) in [6, 6.07) is 8.98. The summed E-state index contributed by atoms with van der Waals surface area (Å²) in [5, 5.41) is 9.35. The number of benzene rings is 1. The van der Waals surface area contributed by atoms with Gasteiger partial charge in [-0.1, -0.05) is 6.07 Å². The number of rotatable bonds is 4. The molecule has 1 aromatic carbocycles. The Balaban J connectivity index is 1.83. The van der Waals surface area contributed by atoms with E-state index in [1.165, 1.54) is 23.0 Å². The van der Waals surface area contributed by atoms with Gasteiger partial charge in [0.05, 0.1) is 28.8 Å². The van der Waals surface area contributed by atoms with Crippen LogP contribution in [0.25, 0.3) is 5.82 Å². The van der Waals surface area contributed by atoms with E-state index >= 15 is 0 Å². The van der Waals surface area contributed by atoms with Gasteiger partial charge in [0.2, 0.25) is 0 Å². The van der Waals surface area contributed by atoms with Gasteiger partial charge in [-0.15, -0.1) is 0 Å². The van der Waals surface area contributed by atoms with Crippen molar-refractivity contribution in [3.8, 4) is 5.82 Å². The van der Waals surface area contributed by atoms with Crippen LogP contribution in [0.4, 0.5) is 20.6 Å². The predicted molar refractivity (Wildman–Crippen MR) is 110 cm³/mol. The number of hydrogen-bond donors (Lipinski definition) is 2. The summed E-state index contributed by atoms with van der Waals surface area (Å²) in [4.78, 5) is 29.1. The van der Waals surface area contributed by atoms with E-state index in [0.29, 0.717) is 11.5 Å². The fraction of sp³-hybridized carbons (Fsp3) is 0.238. The lowest BCUT2D eigenvalue weighted by Gasteiger charge is -2.20. The number of aromatic nitrogens is 3. The van der Waals surface area contributed by atoms with Gasteiger partial charge in [-0.05, 0) is 58.0 Å². The van der Waals surface area contributed by atoms with E-state index in [9.17, 15) is 14.0 Å². The summed E-state index contributed by atoms with van der Waals surface area (Å²) in [5.41, 5.74) is 0.437. The molecule has 0 aliphatic carbocycles. The monoisotopic (exact) mass is 411 g/mol. The molecule has 0 spiro atoms. The van der Waals surface area contributed by atoms with Crippen molar-refractivity contribution in [1.29, 1.82) is 0 Å². The number of nitrogens with zero attached hydrogens (tertiary/aromatic N) is 3. The summed E-state index contributed by atoms with van der Waals surface area (Å²) in [7, 11) is 0. The van der Waals surface area contributed by atoms with Crippen LogP contribution in [0.15, 0.2) is 48.8 Å². The highest BCUT2D eigenvalue weighted by molar-refractivity contribution is 6.07. The lowest BCUT2D eigenvalue weighted by molar-refractivity contribution is 0.0635. The van der Waals surface area contributed by atoms with Crippen LogP contribution in [0, 0.1) is 12.7 Å². The Bertz CT molecular complexity index is 1070. The van der Waals surface area contributed by atoms with Crippen LogP contribution in [0.5, 0.6) is 0 Å². The number of hydrogen-bond acceptors (Lipinski definition) is 5. The first-order chi connectivity index (χ1) is 14.1. The molecule has 30 heavy (non-hydrogen) atoms. The number of carbonyl (C=O) groups is 2. The van der Waals surface area contributed by atoms with Gasteiger partial charge in [-0.2, -0.15) is 5.10 Å². The molecule has 156 valence electrons. The highest BCUT2D eigenvalue weighted by Crippen LogP contribution is 2.25. The third-order valence-electron chi connectivity index (χ3n) is 3.99. The minimum absolute atomic E-state index is 0.0934. The minimum atomic E-state index is -0.719. The van der Waals surface area contributed by atoms with Crippen molar-refractivity contribution in [2.75, 3.05) is 10.6 Å². The van der Waals surface area contributed by atoms with Crippen molar-refractivity contribution in [2.45, 2.75) is 33.3 Å². The summed E-state index contributed by atoms with van der Waals surface area (Å²) >= 11 is 0. The number of carbonyl (C=O) groups excluding carboxylic acids is 2. The standard InChI is InChI=1S/C21H22FN5O3/c1-13-15(12-24-27(13)18-7-5-6-10-23-18)19(28)25-17-11-14(22)8-9-16(17)26-20(29)30-21(2,3)4/h5-12H,1-4H3,(H,25,28)(H,26,29). The first-order valence-electron chi connectivity index (χ1n) is 9.21. The zero-order valence-electron chi connectivity index (χ0n) is 17.1. The van der Waals surface area contributed by atoms with E-state index in [-0.39, 0.29) is 16.9 Å². The second kappa shape index (κ2) is 8.32. The molecule has 8 nitrogen and oxygen atoms in total. The van der Waals surface area contributed by atoms with E-state index in [4.69, 9.17) is 4.74 Å². The maximum absolute atomic E-state index is 13.8. The molecule has 0 aliphatic heterocycles. The summed E-state index contributed by atoms with van der Waals surface area (Å²) < 4.78 is 20.5. The molecule has 2 N–H and O–H groups in total. The molecule has 0 bridgehead atoms. The molecule has 0 aliphatic rings. The van der Waals surface area contributed by atoms with Gasteiger partial charge < -0.3 is 10.1 Å². The van der Waals surface area contributed by atoms with Crippen LogP contribution in [0.2, 0.25) is 0 Å². The fourth-order valence-corrected chi connectivity index (χ4v) is 2.67. The normalized spacial score (nSPS) is 11.1. The molecular weight excluding hydrogens is 389 g/mol. The summed E-state index contributed by atoms with van der Waals surface area (Å²) in [6.07, 6.45) is 2.31. The summed E-state index contributed by atoms with van der Waals surface area (Å²) in [5.74, 6) is -0.513. The molecule has 2 amide bonds. The summed E-state index contributed by atoms with van der Waals surface area (Å²) in [6.45, 7) is 6.90. The van der Waals surface area contributed by atoms with E-state index < -0.39 is 23.4 Å². The van der Waals surface area contributed by atoms with Crippen molar-refractivity contribution in [1.82, 2.24) is 14.8 Å². The molecule has 9 heteroatoms. The van der Waals surface area contributed by atoms with E-state index in [1.807, 2.05) is 6.07 Å². The Morgan fingerprint density at radius 3 is 2.53 bits per heavy atom. The Morgan fingerprint density at radius 1 is 1.10 bits per heavy atom. The third-order valence-corrected chi connectivity index (χ3v) is 3.99. The lowest BCUT2D eigenvalue weighted by atomic mass is 10.2. The first-order valence-corrected chi connectivity index (χ1v) is 9.21. The molecule has 3 rings (SSSR count). The van der Waals surface area contributed by atoms with Crippen molar-refractivity contribution in [3.63, 3.8) is 0 Å². The average Bonchev–Trinajstić information content (AvgIpc) is 3.04. The van der Waals surface area contributed by atoms with Gasteiger partial charge >= 0.3 is 6.09 Å². The zero-order chi connectivity index (χ0) is 21.9. The van der Waals surface area contributed by atoms with E-state index in [2.05, 4.69) is 20.7 Å². The maximum Gasteiger partial charge on any atom is 0.412 e. The highest BCUT2D eigenvalue weighted by Gasteiger charge is 2.20. The van der Waals surface area contributed by atoms with Crippen LogP contribution in [-0.4, -0.2) is 32.4 Å². The third kappa shape index (κ3) is 4.99. The Labute approximate surface area is 173 Å². The molecule has 0 saturated carbocycles. The van der Waals surface area contributed by atoms with Gasteiger partial charge in [0, 0.05) is 6.20 Å². The van der Waals surface area contributed by atoms with Crippen molar-refractivity contribution in [2.24, 2.45) is 0 Å². The average molecular weight is 411 g/mol. The Kier molecular flexibility index (Phi) is 5.81. The van der Waals surface area contributed by atoms with Gasteiger partial charge in [0.15, 0.2) is 5.82 Å². The number of nitrogens with one attached hydrogen (secondary N) is 2. The second-order valence-electron chi connectivity index (χ2n) is 7.51. The number of pyridine rings is 1. The van der Waals surface area contributed by atoms with E-state index in [1.54, 1.807) is 46.0 Å².